The Kier molecular flexibility index (Phi) is 3.93. The van der Waals surface area contributed by atoms with Crippen LogP contribution >= 0.6 is 23.2 Å². The van der Waals surface area contributed by atoms with Crippen LogP contribution in [0.25, 0.3) is 0 Å². The first-order valence-corrected chi connectivity index (χ1v) is 7.72. The van der Waals surface area contributed by atoms with Crippen LogP contribution in [0.2, 0.25) is 10.0 Å². The van der Waals surface area contributed by atoms with Gasteiger partial charge in [-0.25, -0.2) is 0 Å². The first-order chi connectivity index (χ1) is 9.61. The van der Waals surface area contributed by atoms with E-state index in [9.17, 15) is 0 Å². The van der Waals surface area contributed by atoms with Gasteiger partial charge < -0.3 is 5.21 Å². The number of fused-ring (bicyclic) bond motifs is 2. The number of nitrogens with zero attached hydrogens (tertiary/aromatic N) is 2. The predicted octanol–water partition coefficient (Wildman–Crippen LogP) is 4.02. The van der Waals surface area contributed by atoms with Gasteiger partial charge in [-0.15, -0.1) is 5.16 Å². The summed E-state index contributed by atoms with van der Waals surface area (Å²) in [6.07, 6.45) is 5.14. The summed E-state index contributed by atoms with van der Waals surface area (Å²) in [6.45, 7) is 0. The standard InChI is InChI=1S/C15H18Cl2N2O/c1-19-10-3-5-15(19)12(8-18-20)11(7-10)9-2-4-13(16)14(17)6-9/h2,4,6,8,10-12,15,20H,3,5,7H2,1H3/b18-8+/t10?,11-,12-,15?/m1/s1. The first-order valence-electron chi connectivity index (χ1n) is 6.96. The Morgan fingerprint density at radius 2 is 2.10 bits per heavy atom. The minimum Gasteiger partial charge on any atom is -0.411 e. The van der Waals surface area contributed by atoms with Gasteiger partial charge in [0.25, 0.3) is 0 Å². The van der Waals surface area contributed by atoms with E-state index in [1.165, 1.54) is 12.0 Å². The van der Waals surface area contributed by atoms with Gasteiger partial charge in [0.05, 0.1) is 10.0 Å². The van der Waals surface area contributed by atoms with Gasteiger partial charge in [0.2, 0.25) is 0 Å². The molecule has 2 aliphatic rings. The minimum atomic E-state index is 0.223. The van der Waals surface area contributed by atoms with Crippen LogP contribution in [0.5, 0.6) is 0 Å². The van der Waals surface area contributed by atoms with Gasteiger partial charge in [-0.05, 0) is 49.9 Å². The van der Waals surface area contributed by atoms with Crippen LogP contribution in [0, 0.1) is 5.92 Å². The predicted molar refractivity (Wildman–Crippen MR) is 82.2 cm³/mol. The number of hydrogen-bond donors (Lipinski definition) is 1. The van der Waals surface area contributed by atoms with Crippen LogP contribution in [0.1, 0.15) is 30.7 Å². The highest BCUT2D eigenvalue weighted by molar-refractivity contribution is 6.42. The Bertz CT molecular complexity index is 535. The second-order valence-electron chi connectivity index (χ2n) is 5.82. The molecule has 1 aromatic rings. The Morgan fingerprint density at radius 1 is 1.30 bits per heavy atom. The molecule has 4 atom stereocenters. The molecule has 20 heavy (non-hydrogen) atoms. The SMILES string of the molecule is CN1C2CCC1[C@H](/C=N/O)[C@@H](c1ccc(Cl)c(Cl)c1)C2. The number of oxime groups is 1. The van der Waals surface area contributed by atoms with Gasteiger partial charge in [-0.3, -0.25) is 4.90 Å². The van der Waals surface area contributed by atoms with Crippen LogP contribution in [-0.4, -0.2) is 35.5 Å². The van der Waals surface area contributed by atoms with Gasteiger partial charge in [0.15, 0.2) is 0 Å². The molecule has 2 heterocycles. The number of benzene rings is 1. The van der Waals surface area contributed by atoms with E-state index in [2.05, 4.69) is 17.1 Å². The molecule has 108 valence electrons. The topological polar surface area (TPSA) is 35.8 Å². The molecule has 2 bridgehead atoms. The molecule has 5 heteroatoms. The summed E-state index contributed by atoms with van der Waals surface area (Å²) in [6, 6.07) is 6.92. The molecule has 0 radical (unpaired) electrons. The summed E-state index contributed by atoms with van der Waals surface area (Å²) < 4.78 is 0. The molecule has 3 rings (SSSR count). The summed E-state index contributed by atoms with van der Waals surface area (Å²) in [5.41, 5.74) is 1.19. The summed E-state index contributed by atoms with van der Waals surface area (Å²) in [4.78, 5) is 2.43. The molecule has 2 aliphatic heterocycles. The first kappa shape index (κ1) is 14.2. The zero-order valence-electron chi connectivity index (χ0n) is 11.3. The van der Waals surface area contributed by atoms with Gasteiger partial charge in [0, 0.05) is 24.2 Å². The van der Waals surface area contributed by atoms with Gasteiger partial charge >= 0.3 is 0 Å². The largest absolute Gasteiger partial charge is 0.411 e. The lowest BCUT2D eigenvalue weighted by atomic mass is 9.77. The highest BCUT2D eigenvalue weighted by Gasteiger charge is 2.45. The summed E-state index contributed by atoms with van der Waals surface area (Å²) in [7, 11) is 2.17. The zero-order valence-corrected chi connectivity index (χ0v) is 12.8. The Hall–Kier alpha value is -0.770. The van der Waals surface area contributed by atoms with Crippen molar-refractivity contribution >= 4 is 29.4 Å². The minimum absolute atomic E-state index is 0.223. The zero-order chi connectivity index (χ0) is 14.3. The molecule has 1 N–H and O–H groups in total. The summed E-state index contributed by atoms with van der Waals surface area (Å²) >= 11 is 12.2. The van der Waals surface area contributed by atoms with Gasteiger partial charge in [0.1, 0.15) is 0 Å². The molecular formula is C15H18Cl2N2O. The Morgan fingerprint density at radius 3 is 2.80 bits per heavy atom. The van der Waals surface area contributed by atoms with Crippen molar-refractivity contribution in [1.82, 2.24) is 4.90 Å². The Labute approximate surface area is 129 Å². The van der Waals surface area contributed by atoms with Crippen molar-refractivity contribution in [2.24, 2.45) is 11.1 Å². The second-order valence-corrected chi connectivity index (χ2v) is 6.64. The van der Waals surface area contributed by atoms with E-state index in [0.717, 1.165) is 12.8 Å². The fraction of sp³-hybridized carbons (Fsp3) is 0.533. The summed E-state index contributed by atoms with van der Waals surface area (Å²) in [5.74, 6) is 0.565. The Balaban J connectivity index is 1.96. The second kappa shape index (κ2) is 5.55. The molecule has 0 aliphatic carbocycles. The van der Waals surface area contributed by atoms with Crippen molar-refractivity contribution in [3.05, 3.63) is 33.8 Å². The fourth-order valence-corrected chi connectivity index (χ4v) is 4.20. The van der Waals surface area contributed by atoms with E-state index in [1.807, 2.05) is 18.2 Å². The van der Waals surface area contributed by atoms with Crippen molar-refractivity contribution in [3.63, 3.8) is 0 Å². The van der Waals surface area contributed by atoms with E-state index >= 15 is 0 Å². The maximum atomic E-state index is 9.00. The van der Waals surface area contributed by atoms with E-state index in [1.54, 1.807) is 6.21 Å². The molecule has 0 aromatic heterocycles. The van der Waals surface area contributed by atoms with Crippen LogP contribution < -0.4 is 0 Å². The molecule has 2 saturated heterocycles. The lowest BCUT2D eigenvalue weighted by molar-refractivity contribution is 0.133. The normalized spacial score (nSPS) is 34.0. The van der Waals surface area contributed by atoms with Crippen LogP contribution in [0.15, 0.2) is 23.4 Å². The quantitative estimate of drug-likeness (QED) is 0.508. The van der Waals surface area contributed by atoms with Gasteiger partial charge in [-0.1, -0.05) is 29.3 Å². The van der Waals surface area contributed by atoms with Crippen molar-refractivity contribution in [1.29, 1.82) is 0 Å². The lowest BCUT2D eigenvalue weighted by Crippen LogP contribution is -2.46. The van der Waals surface area contributed by atoms with E-state index in [-0.39, 0.29) is 5.92 Å². The van der Waals surface area contributed by atoms with Crippen LogP contribution in [0.3, 0.4) is 0 Å². The van der Waals surface area contributed by atoms with Crippen LogP contribution in [-0.2, 0) is 0 Å². The molecule has 0 spiro atoms. The maximum Gasteiger partial charge on any atom is 0.0595 e. The average Bonchev–Trinajstić information content (AvgIpc) is 2.67. The monoisotopic (exact) mass is 312 g/mol. The molecule has 0 amide bonds. The highest BCUT2D eigenvalue weighted by atomic mass is 35.5. The van der Waals surface area contributed by atoms with E-state index < -0.39 is 0 Å². The lowest BCUT2D eigenvalue weighted by Gasteiger charge is -2.41. The van der Waals surface area contributed by atoms with Crippen molar-refractivity contribution in [2.75, 3.05) is 7.05 Å². The number of hydrogen-bond acceptors (Lipinski definition) is 3. The number of halogens is 2. The van der Waals surface area contributed by atoms with Crippen LogP contribution in [0.4, 0.5) is 0 Å². The van der Waals surface area contributed by atoms with Crippen molar-refractivity contribution in [2.45, 2.75) is 37.3 Å². The van der Waals surface area contributed by atoms with Crippen molar-refractivity contribution in [3.8, 4) is 0 Å². The number of rotatable bonds is 2. The average molecular weight is 313 g/mol. The molecule has 1 aromatic carbocycles. The smallest absolute Gasteiger partial charge is 0.0595 e. The third-order valence-electron chi connectivity index (χ3n) is 4.94. The maximum absolute atomic E-state index is 9.00. The van der Waals surface area contributed by atoms with E-state index in [0.29, 0.717) is 28.0 Å². The van der Waals surface area contributed by atoms with E-state index in [4.69, 9.17) is 28.4 Å². The van der Waals surface area contributed by atoms with Gasteiger partial charge in [-0.2, -0.15) is 0 Å². The number of piperidine rings is 1. The summed E-state index contributed by atoms with van der Waals surface area (Å²) in [5, 5.41) is 13.5. The molecular weight excluding hydrogens is 295 g/mol. The molecule has 2 unspecified atom stereocenters. The fourth-order valence-electron chi connectivity index (χ4n) is 3.89. The highest BCUT2D eigenvalue weighted by Crippen LogP contribution is 2.46. The molecule has 3 nitrogen and oxygen atoms in total. The third kappa shape index (κ3) is 2.32. The molecule has 2 fully saturated rings. The molecule has 0 saturated carbocycles. The van der Waals surface area contributed by atoms with Crippen molar-refractivity contribution < 1.29 is 5.21 Å². The third-order valence-corrected chi connectivity index (χ3v) is 5.68.